The highest BCUT2D eigenvalue weighted by molar-refractivity contribution is 6.30. The van der Waals surface area contributed by atoms with E-state index in [-0.39, 0.29) is 11.9 Å². The molecule has 3 aromatic rings. The van der Waals surface area contributed by atoms with E-state index in [0.29, 0.717) is 10.6 Å². The Balaban J connectivity index is 1.62. The second-order valence-corrected chi connectivity index (χ2v) is 6.36. The Kier molecular flexibility index (Phi) is 3.34. The number of halogens is 1. The molecule has 0 aliphatic carbocycles. The van der Waals surface area contributed by atoms with Crippen molar-refractivity contribution >= 4 is 28.4 Å². The van der Waals surface area contributed by atoms with Crippen LogP contribution in [0.15, 0.2) is 42.5 Å². The summed E-state index contributed by atoms with van der Waals surface area (Å²) in [5, 5.41) is 8.86. The van der Waals surface area contributed by atoms with Gasteiger partial charge in [-0.05, 0) is 49.2 Å². The fraction of sp³-hybridized carbons (Fsp3) is 0.222. The summed E-state index contributed by atoms with van der Waals surface area (Å²) in [5.41, 5.74) is 3.71. The molecule has 0 saturated carbocycles. The van der Waals surface area contributed by atoms with Gasteiger partial charge in [-0.15, -0.1) is 0 Å². The van der Waals surface area contributed by atoms with Crippen molar-refractivity contribution < 1.29 is 4.79 Å². The van der Waals surface area contributed by atoms with Crippen LogP contribution in [0.2, 0.25) is 5.02 Å². The standard InChI is InChI=1S/C18H16ClN3O/c1-11-15-10-13(4-7-16(15)21-20-11)18(23)22-9-8-17(22)12-2-5-14(19)6-3-12/h2-7,10,17H,8-9H2,1H3,(H,20,21). The third-order valence-corrected chi connectivity index (χ3v) is 4.79. The van der Waals surface area contributed by atoms with Gasteiger partial charge in [-0.3, -0.25) is 9.89 Å². The van der Waals surface area contributed by atoms with E-state index in [1.807, 2.05) is 54.3 Å². The van der Waals surface area contributed by atoms with Crippen LogP contribution in [0.1, 0.15) is 34.1 Å². The maximum atomic E-state index is 12.8. The van der Waals surface area contributed by atoms with Crippen LogP contribution in [-0.2, 0) is 0 Å². The number of H-pyrrole nitrogens is 1. The Morgan fingerprint density at radius 2 is 2.04 bits per heavy atom. The van der Waals surface area contributed by atoms with Gasteiger partial charge in [0.2, 0.25) is 0 Å². The lowest BCUT2D eigenvalue weighted by atomic mass is 9.93. The number of rotatable bonds is 2. The number of fused-ring (bicyclic) bond motifs is 1. The zero-order valence-electron chi connectivity index (χ0n) is 12.7. The summed E-state index contributed by atoms with van der Waals surface area (Å²) in [5.74, 6) is 0.0682. The second kappa shape index (κ2) is 5.39. The van der Waals surface area contributed by atoms with Crippen LogP contribution in [0.4, 0.5) is 0 Å². The number of carbonyl (C=O) groups excluding carboxylic acids is 1. The third-order valence-electron chi connectivity index (χ3n) is 4.54. The molecule has 1 unspecified atom stereocenters. The number of carbonyl (C=O) groups is 1. The number of benzene rings is 2. The summed E-state index contributed by atoms with van der Waals surface area (Å²) < 4.78 is 0. The SMILES string of the molecule is Cc1n[nH]c2ccc(C(=O)N3CCC3c3ccc(Cl)cc3)cc12. The molecule has 1 atom stereocenters. The number of amides is 1. The number of nitrogens with zero attached hydrogens (tertiary/aromatic N) is 2. The number of nitrogens with one attached hydrogen (secondary N) is 1. The predicted molar refractivity (Wildman–Crippen MR) is 90.7 cm³/mol. The first-order valence-corrected chi connectivity index (χ1v) is 8.02. The van der Waals surface area contributed by atoms with Crippen molar-refractivity contribution in [1.82, 2.24) is 15.1 Å². The Bertz CT molecular complexity index is 885. The number of hydrogen-bond acceptors (Lipinski definition) is 2. The number of hydrogen-bond donors (Lipinski definition) is 1. The lowest BCUT2D eigenvalue weighted by Gasteiger charge is -2.41. The van der Waals surface area contributed by atoms with Gasteiger partial charge in [-0.1, -0.05) is 23.7 Å². The highest BCUT2D eigenvalue weighted by Crippen LogP contribution is 2.35. The van der Waals surface area contributed by atoms with Gasteiger partial charge in [-0.25, -0.2) is 0 Å². The van der Waals surface area contributed by atoms with Crippen LogP contribution >= 0.6 is 11.6 Å². The van der Waals surface area contributed by atoms with Gasteiger partial charge in [0.25, 0.3) is 5.91 Å². The van der Waals surface area contributed by atoms with E-state index in [1.165, 1.54) is 0 Å². The maximum absolute atomic E-state index is 12.8. The summed E-state index contributed by atoms with van der Waals surface area (Å²) in [6.07, 6.45) is 0.986. The molecule has 23 heavy (non-hydrogen) atoms. The molecule has 2 aromatic carbocycles. The highest BCUT2D eigenvalue weighted by atomic mass is 35.5. The van der Waals surface area contributed by atoms with Crippen LogP contribution in [0.5, 0.6) is 0 Å². The minimum absolute atomic E-state index is 0.0682. The molecule has 4 nitrogen and oxygen atoms in total. The van der Waals surface area contributed by atoms with Gasteiger partial charge in [0.15, 0.2) is 0 Å². The molecule has 2 heterocycles. The van der Waals surface area contributed by atoms with Crippen molar-refractivity contribution in [3.05, 3.63) is 64.3 Å². The van der Waals surface area contributed by atoms with Crippen molar-refractivity contribution in [1.29, 1.82) is 0 Å². The van der Waals surface area contributed by atoms with E-state index < -0.39 is 0 Å². The molecule has 1 saturated heterocycles. The molecular formula is C18H16ClN3O. The van der Waals surface area contributed by atoms with Gasteiger partial charge in [0.1, 0.15) is 0 Å². The van der Waals surface area contributed by atoms with Crippen LogP contribution in [0.25, 0.3) is 10.9 Å². The molecule has 116 valence electrons. The number of likely N-dealkylation sites (tertiary alicyclic amines) is 1. The fourth-order valence-corrected chi connectivity index (χ4v) is 3.23. The molecule has 1 N–H and O–H groups in total. The van der Waals surface area contributed by atoms with Crippen molar-refractivity contribution in [3.63, 3.8) is 0 Å². The number of aryl methyl sites for hydroxylation is 1. The molecule has 1 amide bonds. The Hall–Kier alpha value is -2.33. The molecule has 0 bridgehead atoms. The van der Waals surface area contributed by atoms with E-state index in [1.54, 1.807) is 0 Å². The average Bonchev–Trinajstić information content (AvgIpc) is 2.89. The Labute approximate surface area is 139 Å². The molecule has 0 spiro atoms. The zero-order valence-corrected chi connectivity index (χ0v) is 13.5. The monoisotopic (exact) mass is 325 g/mol. The Morgan fingerprint density at radius 1 is 1.26 bits per heavy atom. The van der Waals surface area contributed by atoms with Crippen LogP contribution in [0.3, 0.4) is 0 Å². The van der Waals surface area contributed by atoms with E-state index in [9.17, 15) is 4.79 Å². The summed E-state index contributed by atoms with van der Waals surface area (Å²) >= 11 is 5.94. The van der Waals surface area contributed by atoms with Crippen molar-refractivity contribution in [2.24, 2.45) is 0 Å². The summed E-state index contributed by atoms with van der Waals surface area (Å²) in [6.45, 7) is 2.72. The first-order valence-electron chi connectivity index (χ1n) is 7.64. The number of aromatic amines is 1. The average molecular weight is 326 g/mol. The van der Waals surface area contributed by atoms with Gasteiger partial charge in [0, 0.05) is 22.5 Å². The number of aromatic nitrogens is 2. The summed E-state index contributed by atoms with van der Waals surface area (Å²) in [4.78, 5) is 14.7. The largest absolute Gasteiger partial charge is 0.331 e. The molecule has 0 radical (unpaired) electrons. The van der Waals surface area contributed by atoms with Crippen LogP contribution in [0, 0.1) is 6.92 Å². The van der Waals surface area contributed by atoms with Crippen molar-refractivity contribution in [3.8, 4) is 0 Å². The molecule has 1 aliphatic heterocycles. The maximum Gasteiger partial charge on any atom is 0.254 e. The molecule has 5 heteroatoms. The van der Waals surface area contributed by atoms with Crippen LogP contribution in [-0.4, -0.2) is 27.5 Å². The Morgan fingerprint density at radius 3 is 2.74 bits per heavy atom. The van der Waals surface area contributed by atoms with E-state index in [0.717, 1.165) is 35.1 Å². The van der Waals surface area contributed by atoms with Gasteiger partial charge in [0.05, 0.1) is 17.3 Å². The summed E-state index contributed by atoms with van der Waals surface area (Å²) in [6, 6.07) is 13.6. The van der Waals surface area contributed by atoms with E-state index >= 15 is 0 Å². The van der Waals surface area contributed by atoms with Gasteiger partial charge < -0.3 is 4.90 Å². The van der Waals surface area contributed by atoms with E-state index in [4.69, 9.17) is 11.6 Å². The topological polar surface area (TPSA) is 49.0 Å². The quantitative estimate of drug-likeness (QED) is 0.770. The smallest absolute Gasteiger partial charge is 0.254 e. The second-order valence-electron chi connectivity index (χ2n) is 5.92. The predicted octanol–water partition coefficient (Wildman–Crippen LogP) is 4.11. The van der Waals surface area contributed by atoms with Crippen molar-refractivity contribution in [2.45, 2.75) is 19.4 Å². The van der Waals surface area contributed by atoms with Crippen LogP contribution < -0.4 is 0 Å². The zero-order chi connectivity index (χ0) is 16.0. The van der Waals surface area contributed by atoms with Crippen molar-refractivity contribution in [2.75, 3.05) is 6.54 Å². The normalized spacial score (nSPS) is 17.3. The highest BCUT2D eigenvalue weighted by Gasteiger charge is 2.33. The minimum Gasteiger partial charge on any atom is -0.331 e. The first-order chi connectivity index (χ1) is 11.1. The van der Waals surface area contributed by atoms with Gasteiger partial charge in [-0.2, -0.15) is 5.10 Å². The molecule has 4 rings (SSSR count). The lowest BCUT2D eigenvalue weighted by Crippen LogP contribution is -2.45. The van der Waals surface area contributed by atoms with E-state index in [2.05, 4.69) is 10.2 Å². The first kappa shape index (κ1) is 14.3. The minimum atomic E-state index is 0.0682. The molecular weight excluding hydrogens is 310 g/mol. The molecule has 1 fully saturated rings. The lowest BCUT2D eigenvalue weighted by molar-refractivity contribution is 0.0460. The fourth-order valence-electron chi connectivity index (χ4n) is 3.11. The summed E-state index contributed by atoms with van der Waals surface area (Å²) in [7, 11) is 0. The molecule has 1 aromatic heterocycles. The van der Waals surface area contributed by atoms with Gasteiger partial charge >= 0.3 is 0 Å². The molecule has 1 aliphatic rings. The third kappa shape index (κ3) is 2.39.